The lowest BCUT2D eigenvalue weighted by Crippen LogP contribution is -2.40. The van der Waals surface area contributed by atoms with E-state index in [1.807, 2.05) is 0 Å². The largest absolute Gasteiger partial charge is 0.381 e. The molecule has 0 aromatic heterocycles. The molecule has 0 saturated heterocycles. The standard InChI is InChI=1S/C21H27N/c1-3-15-12-17-9-8-16(15)13-20(17)14(2)18-10-11-22-21-7-5-4-6-19(18)21/h3-7,10-11,14-17,20-22H,1,8-9,12-13H2,2H3/t14-,15?,16?,17?,20?,21?/m0/s1. The van der Waals surface area contributed by atoms with Crippen LogP contribution in [0.5, 0.6) is 0 Å². The number of rotatable bonds is 3. The zero-order valence-electron chi connectivity index (χ0n) is 13.5. The van der Waals surface area contributed by atoms with Crippen molar-refractivity contribution in [2.24, 2.45) is 29.6 Å². The minimum absolute atomic E-state index is 0.383. The smallest absolute Gasteiger partial charge is 0.0698 e. The van der Waals surface area contributed by atoms with Gasteiger partial charge in [-0.3, -0.25) is 0 Å². The van der Waals surface area contributed by atoms with Crippen molar-refractivity contribution in [1.29, 1.82) is 0 Å². The molecule has 4 aliphatic carbocycles. The van der Waals surface area contributed by atoms with Gasteiger partial charge < -0.3 is 5.32 Å². The third-order valence-corrected chi connectivity index (χ3v) is 6.60. The highest BCUT2D eigenvalue weighted by atomic mass is 14.9. The second kappa shape index (κ2) is 5.61. The van der Waals surface area contributed by atoms with E-state index in [0.29, 0.717) is 12.0 Å². The summed E-state index contributed by atoms with van der Waals surface area (Å²) in [5, 5.41) is 3.47. The minimum atomic E-state index is 0.383. The summed E-state index contributed by atoms with van der Waals surface area (Å²) >= 11 is 0. The molecule has 1 N–H and O–H groups in total. The molecular weight excluding hydrogens is 266 g/mol. The average Bonchev–Trinajstić information content (AvgIpc) is 2.60. The molecule has 1 heterocycles. The fraction of sp³-hybridized carbons (Fsp3) is 0.524. The van der Waals surface area contributed by atoms with Gasteiger partial charge in [0.2, 0.25) is 0 Å². The van der Waals surface area contributed by atoms with Crippen LogP contribution >= 0.6 is 0 Å². The van der Waals surface area contributed by atoms with Crippen LogP contribution in [0.1, 0.15) is 32.6 Å². The summed E-state index contributed by atoms with van der Waals surface area (Å²) in [6, 6.07) is 0.383. The van der Waals surface area contributed by atoms with E-state index < -0.39 is 0 Å². The molecule has 3 fully saturated rings. The second-order valence-corrected chi connectivity index (χ2v) is 7.55. The molecule has 0 amide bonds. The molecule has 0 aromatic carbocycles. The van der Waals surface area contributed by atoms with Crippen molar-refractivity contribution in [3.8, 4) is 0 Å². The highest BCUT2D eigenvalue weighted by Gasteiger charge is 2.43. The summed E-state index contributed by atoms with van der Waals surface area (Å²) in [5.41, 5.74) is 3.05. The molecule has 1 aliphatic heterocycles. The van der Waals surface area contributed by atoms with Crippen molar-refractivity contribution in [3.63, 3.8) is 0 Å². The Bertz CT molecular complexity index is 577. The zero-order chi connectivity index (χ0) is 15.1. The van der Waals surface area contributed by atoms with Crippen molar-refractivity contribution in [3.05, 3.63) is 60.4 Å². The van der Waals surface area contributed by atoms with Gasteiger partial charge in [0, 0.05) is 0 Å². The molecule has 1 heteroatoms. The first-order valence-electron chi connectivity index (χ1n) is 8.92. The molecule has 116 valence electrons. The first kappa shape index (κ1) is 14.1. The van der Waals surface area contributed by atoms with Crippen molar-refractivity contribution >= 4 is 0 Å². The molecule has 2 bridgehead atoms. The van der Waals surface area contributed by atoms with Gasteiger partial charge in [0.05, 0.1) is 6.04 Å². The Kier molecular flexibility index (Phi) is 3.60. The molecule has 0 spiro atoms. The summed E-state index contributed by atoms with van der Waals surface area (Å²) in [6.07, 6.45) is 21.3. The second-order valence-electron chi connectivity index (χ2n) is 7.55. The summed E-state index contributed by atoms with van der Waals surface area (Å²) < 4.78 is 0. The maximum absolute atomic E-state index is 4.07. The van der Waals surface area contributed by atoms with Crippen LogP contribution < -0.4 is 5.32 Å². The van der Waals surface area contributed by atoms with Crippen LogP contribution in [-0.2, 0) is 0 Å². The van der Waals surface area contributed by atoms with Crippen LogP contribution in [-0.4, -0.2) is 6.04 Å². The third kappa shape index (κ3) is 2.22. The van der Waals surface area contributed by atoms with Gasteiger partial charge in [-0.15, -0.1) is 6.58 Å². The summed E-state index contributed by atoms with van der Waals surface area (Å²) in [6.45, 7) is 6.54. The van der Waals surface area contributed by atoms with E-state index in [4.69, 9.17) is 0 Å². The van der Waals surface area contributed by atoms with Gasteiger partial charge >= 0.3 is 0 Å². The highest BCUT2D eigenvalue weighted by Crippen LogP contribution is 2.52. The first-order chi connectivity index (χ1) is 10.8. The van der Waals surface area contributed by atoms with Gasteiger partial charge in [0.25, 0.3) is 0 Å². The predicted octanol–water partition coefficient (Wildman–Crippen LogP) is 4.77. The first-order valence-corrected chi connectivity index (χ1v) is 8.92. The number of allylic oxidation sites excluding steroid dienone is 5. The fourth-order valence-corrected chi connectivity index (χ4v) is 5.37. The molecule has 6 atom stereocenters. The van der Waals surface area contributed by atoms with E-state index in [0.717, 1.165) is 23.7 Å². The molecule has 0 radical (unpaired) electrons. The molecule has 0 aromatic rings. The number of hydrogen-bond donors (Lipinski definition) is 1. The summed E-state index contributed by atoms with van der Waals surface area (Å²) in [7, 11) is 0. The Morgan fingerprint density at radius 2 is 2.05 bits per heavy atom. The number of fused-ring (bicyclic) bond motifs is 4. The molecular formula is C21H27N. The van der Waals surface area contributed by atoms with Crippen LogP contribution in [0.3, 0.4) is 0 Å². The van der Waals surface area contributed by atoms with E-state index in [2.05, 4.69) is 61.5 Å². The van der Waals surface area contributed by atoms with E-state index >= 15 is 0 Å². The lowest BCUT2D eigenvalue weighted by Gasteiger charge is -2.49. The maximum Gasteiger partial charge on any atom is 0.0698 e. The molecule has 22 heavy (non-hydrogen) atoms. The lowest BCUT2D eigenvalue weighted by molar-refractivity contribution is 0.0413. The summed E-state index contributed by atoms with van der Waals surface area (Å²) in [4.78, 5) is 0. The van der Waals surface area contributed by atoms with Gasteiger partial charge in [0.15, 0.2) is 0 Å². The van der Waals surface area contributed by atoms with Crippen LogP contribution in [0.2, 0.25) is 0 Å². The van der Waals surface area contributed by atoms with Crippen LogP contribution in [0, 0.1) is 29.6 Å². The van der Waals surface area contributed by atoms with Crippen LogP contribution in [0.25, 0.3) is 0 Å². The normalized spacial score (nSPS) is 40.3. The third-order valence-electron chi connectivity index (χ3n) is 6.60. The van der Waals surface area contributed by atoms with Crippen molar-refractivity contribution in [2.45, 2.75) is 38.6 Å². The number of nitrogens with one attached hydrogen (secondary N) is 1. The van der Waals surface area contributed by atoms with Gasteiger partial charge in [0.1, 0.15) is 0 Å². The Balaban J connectivity index is 1.60. The van der Waals surface area contributed by atoms with Gasteiger partial charge in [-0.25, -0.2) is 0 Å². The van der Waals surface area contributed by atoms with E-state index in [-0.39, 0.29) is 0 Å². The van der Waals surface area contributed by atoms with Gasteiger partial charge in [-0.2, -0.15) is 0 Å². The minimum Gasteiger partial charge on any atom is -0.381 e. The molecule has 3 saturated carbocycles. The Morgan fingerprint density at radius 3 is 2.82 bits per heavy atom. The van der Waals surface area contributed by atoms with E-state index in [1.54, 1.807) is 5.57 Å². The van der Waals surface area contributed by atoms with Gasteiger partial charge in [-0.05, 0) is 78.7 Å². The topological polar surface area (TPSA) is 12.0 Å². The SMILES string of the molecule is C=CC1CC2CCC1CC2[C@@H](C)C1=C2C=CC=CC2NC=C1. The number of hydrogen-bond acceptors (Lipinski definition) is 1. The molecule has 5 unspecified atom stereocenters. The van der Waals surface area contributed by atoms with Gasteiger partial charge in [-0.1, -0.05) is 37.3 Å². The molecule has 5 rings (SSSR count). The highest BCUT2D eigenvalue weighted by molar-refractivity contribution is 5.47. The maximum atomic E-state index is 4.07. The Labute approximate surface area is 134 Å². The lowest BCUT2D eigenvalue weighted by atomic mass is 9.56. The Morgan fingerprint density at radius 1 is 1.18 bits per heavy atom. The Hall–Kier alpha value is -1.50. The monoisotopic (exact) mass is 293 g/mol. The quantitative estimate of drug-likeness (QED) is 0.739. The zero-order valence-corrected chi connectivity index (χ0v) is 13.5. The molecule has 5 aliphatic rings. The fourth-order valence-electron chi connectivity index (χ4n) is 5.37. The van der Waals surface area contributed by atoms with Crippen LogP contribution in [0.4, 0.5) is 0 Å². The van der Waals surface area contributed by atoms with Crippen molar-refractivity contribution in [1.82, 2.24) is 5.32 Å². The summed E-state index contributed by atoms with van der Waals surface area (Å²) in [5.74, 6) is 4.11. The average molecular weight is 293 g/mol. The number of dihydropyridines is 1. The van der Waals surface area contributed by atoms with Crippen LogP contribution in [0.15, 0.2) is 60.4 Å². The van der Waals surface area contributed by atoms with E-state index in [1.165, 1.54) is 31.3 Å². The van der Waals surface area contributed by atoms with Crippen molar-refractivity contribution in [2.75, 3.05) is 0 Å². The molecule has 1 nitrogen and oxygen atoms in total. The predicted molar refractivity (Wildman–Crippen MR) is 93.2 cm³/mol. The van der Waals surface area contributed by atoms with E-state index in [9.17, 15) is 0 Å². The van der Waals surface area contributed by atoms with Crippen molar-refractivity contribution < 1.29 is 0 Å².